The van der Waals surface area contributed by atoms with Crippen LogP contribution < -0.4 is 25.1 Å². The van der Waals surface area contributed by atoms with E-state index in [1.807, 2.05) is 6.92 Å². The highest BCUT2D eigenvalue weighted by Crippen LogP contribution is 2.36. The largest absolute Gasteiger partial charge is 0.872 e. The number of ether oxygens (including phenoxy) is 2. The number of nitrogens with one attached hydrogen (secondary N) is 1. The van der Waals surface area contributed by atoms with Crippen molar-refractivity contribution in [1.29, 1.82) is 0 Å². The monoisotopic (exact) mass is 395 g/mol. The van der Waals surface area contributed by atoms with Gasteiger partial charge in [-0.15, -0.1) is 0 Å². The summed E-state index contributed by atoms with van der Waals surface area (Å²) in [7, 11) is 3.13. The molecule has 6 heteroatoms. The molecule has 1 saturated heterocycles. The predicted molar refractivity (Wildman–Crippen MR) is 109 cm³/mol. The van der Waals surface area contributed by atoms with Crippen LogP contribution in [0.5, 0.6) is 17.2 Å². The van der Waals surface area contributed by atoms with Crippen molar-refractivity contribution in [3.8, 4) is 28.4 Å². The molecule has 2 aromatic carbocycles. The average molecular weight is 395 g/mol. The Labute approximate surface area is 169 Å². The van der Waals surface area contributed by atoms with Crippen LogP contribution in [0.25, 0.3) is 22.1 Å². The zero-order chi connectivity index (χ0) is 20.5. The standard InChI is InChI=1S/C23H25NO5/c1-14-16-8-9-19(25)18(13-24-10-4-5-11-24)22(16)29-23(26)21(14)17-7-6-15(27-2)12-20(17)28-3/h6-9,12,25H,4-5,10-11,13H2,1-3H3. The molecule has 0 aliphatic carbocycles. The van der Waals surface area contributed by atoms with Gasteiger partial charge < -0.3 is 23.9 Å². The normalized spacial score (nSPS) is 14.4. The lowest BCUT2D eigenvalue weighted by atomic mass is 9.97. The summed E-state index contributed by atoms with van der Waals surface area (Å²) in [4.78, 5) is 14.4. The maximum absolute atomic E-state index is 13.0. The molecule has 0 spiro atoms. The number of likely N-dealkylation sites (tertiary alicyclic amines) is 1. The molecule has 152 valence electrons. The van der Waals surface area contributed by atoms with Crippen LogP contribution >= 0.6 is 0 Å². The van der Waals surface area contributed by atoms with Gasteiger partial charge in [0.2, 0.25) is 0 Å². The maximum atomic E-state index is 13.0. The van der Waals surface area contributed by atoms with Crippen molar-refractivity contribution in [2.45, 2.75) is 26.3 Å². The van der Waals surface area contributed by atoms with Crippen molar-refractivity contribution in [1.82, 2.24) is 0 Å². The van der Waals surface area contributed by atoms with Crippen molar-refractivity contribution in [3.63, 3.8) is 0 Å². The summed E-state index contributed by atoms with van der Waals surface area (Å²) in [6.45, 7) is 4.55. The van der Waals surface area contributed by atoms with Crippen LogP contribution in [-0.2, 0) is 6.54 Å². The number of benzene rings is 2. The average Bonchev–Trinajstić information content (AvgIpc) is 3.23. The molecule has 0 bridgehead atoms. The van der Waals surface area contributed by atoms with Crippen molar-refractivity contribution in [3.05, 3.63) is 51.9 Å². The van der Waals surface area contributed by atoms with Crippen molar-refractivity contribution >= 4 is 11.0 Å². The number of hydrogen-bond acceptors (Lipinski definition) is 5. The van der Waals surface area contributed by atoms with Gasteiger partial charge in [0, 0.05) is 35.4 Å². The minimum Gasteiger partial charge on any atom is -0.872 e. The second-order valence-electron chi connectivity index (χ2n) is 7.51. The van der Waals surface area contributed by atoms with Crippen molar-refractivity contribution < 1.29 is 23.9 Å². The quantitative estimate of drug-likeness (QED) is 0.669. The summed E-state index contributed by atoms with van der Waals surface area (Å²) in [5, 5.41) is 13.3. The molecule has 0 radical (unpaired) electrons. The van der Waals surface area contributed by atoms with E-state index in [4.69, 9.17) is 13.9 Å². The molecule has 0 saturated carbocycles. The molecule has 4 rings (SSSR count). The minimum absolute atomic E-state index is 0.0748. The van der Waals surface area contributed by atoms with Crippen LogP contribution in [0.4, 0.5) is 0 Å². The highest BCUT2D eigenvalue weighted by atomic mass is 16.5. The van der Waals surface area contributed by atoms with Gasteiger partial charge in [-0.3, -0.25) is 0 Å². The Kier molecular flexibility index (Phi) is 5.20. The lowest BCUT2D eigenvalue weighted by Crippen LogP contribution is -3.08. The molecular weight excluding hydrogens is 370 g/mol. The van der Waals surface area contributed by atoms with Gasteiger partial charge >= 0.3 is 5.63 Å². The van der Waals surface area contributed by atoms with Crippen LogP contribution in [-0.4, -0.2) is 27.3 Å². The first-order valence-electron chi connectivity index (χ1n) is 9.85. The Morgan fingerprint density at radius 1 is 1.10 bits per heavy atom. The fraction of sp³-hybridized carbons (Fsp3) is 0.348. The predicted octanol–water partition coefficient (Wildman–Crippen LogP) is 2.04. The van der Waals surface area contributed by atoms with Gasteiger partial charge in [-0.1, -0.05) is 17.9 Å². The Bertz CT molecular complexity index is 1110. The van der Waals surface area contributed by atoms with E-state index in [9.17, 15) is 9.90 Å². The fourth-order valence-corrected chi connectivity index (χ4v) is 4.24. The molecule has 3 aromatic rings. The molecule has 6 nitrogen and oxygen atoms in total. The molecule has 1 fully saturated rings. The van der Waals surface area contributed by atoms with Crippen LogP contribution in [0.3, 0.4) is 0 Å². The van der Waals surface area contributed by atoms with E-state index in [1.165, 1.54) is 17.7 Å². The fourth-order valence-electron chi connectivity index (χ4n) is 4.24. The van der Waals surface area contributed by atoms with Crippen LogP contribution in [0.15, 0.2) is 39.5 Å². The van der Waals surface area contributed by atoms with Gasteiger partial charge in [-0.2, -0.15) is 0 Å². The second kappa shape index (κ2) is 7.79. The summed E-state index contributed by atoms with van der Waals surface area (Å²) in [6, 6.07) is 8.64. The first kappa shape index (κ1) is 19.3. The van der Waals surface area contributed by atoms with Crippen LogP contribution in [0, 0.1) is 6.92 Å². The number of fused-ring (bicyclic) bond motifs is 1. The van der Waals surface area contributed by atoms with Gasteiger partial charge in [0.15, 0.2) is 0 Å². The Hall–Kier alpha value is -2.99. The number of rotatable bonds is 5. The molecule has 1 N–H and O–H groups in total. The molecule has 1 aliphatic rings. The molecule has 2 heterocycles. The van der Waals surface area contributed by atoms with Gasteiger partial charge in [-0.05, 0) is 24.6 Å². The van der Waals surface area contributed by atoms with E-state index in [-0.39, 0.29) is 5.75 Å². The summed E-state index contributed by atoms with van der Waals surface area (Å²) >= 11 is 0. The Morgan fingerprint density at radius 2 is 1.86 bits per heavy atom. The first-order valence-corrected chi connectivity index (χ1v) is 9.85. The summed E-state index contributed by atoms with van der Waals surface area (Å²) in [5.41, 5.74) is 2.39. The number of quaternary nitrogens is 1. The third kappa shape index (κ3) is 3.44. The Balaban J connectivity index is 1.90. The molecule has 0 unspecified atom stereocenters. The highest BCUT2D eigenvalue weighted by molar-refractivity contribution is 5.90. The number of hydrogen-bond donors (Lipinski definition) is 1. The van der Waals surface area contributed by atoms with E-state index in [0.717, 1.165) is 24.0 Å². The van der Waals surface area contributed by atoms with E-state index in [1.54, 1.807) is 44.6 Å². The third-order valence-electron chi connectivity index (χ3n) is 5.81. The van der Waals surface area contributed by atoms with Crippen molar-refractivity contribution in [2.24, 2.45) is 0 Å². The van der Waals surface area contributed by atoms with Crippen molar-refractivity contribution in [2.75, 3.05) is 27.3 Å². The SMILES string of the molecule is COc1ccc(-c2c(C)c3ccc([O-])c(C[NH+]4CCCC4)c3oc2=O)c(OC)c1. The molecule has 0 atom stereocenters. The van der Waals surface area contributed by atoms with Gasteiger partial charge in [0.25, 0.3) is 0 Å². The first-order chi connectivity index (χ1) is 14.0. The smallest absolute Gasteiger partial charge is 0.344 e. The van der Waals surface area contributed by atoms with Crippen LogP contribution in [0.1, 0.15) is 24.0 Å². The molecule has 1 aliphatic heterocycles. The van der Waals surface area contributed by atoms with Crippen LogP contribution in [0.2, 0.25) is 0 Å². The van der Waals surface area contributed by atoms with Gasteiger partial charge in [0.1, 0.15) is 23.6 Å². The topological polar surface area (TPSA) is 76.2 Å². The lowest BCUT2D eigenvalue weighted by Gasteiger charge is -2.20. The lowest BCUT2D eigenvalue weighted by molar-refractivity contribution is -0.901. The Morgan fingerprint density at radius 3 is 2.55 bits per heavy atom. The number of aryl methyl sites for hydroxylation is 1. The molecular formula is C23H25NO5. The molecule has 29 heavy (non-hydrogen) atoms. The molecule has 1 aromatic heterocycles. The number of methoxy groups -OCH3 is 2. The molecule has 0 amide bonds. The van der Waals surface area contributed by atoms with Gasteiger partial charge in [-0.25, -0.2) is 4.79 Å². The van der Waals surface area contributed by atoms with E-state index in [2.05, 4.69) is 0 Å². The van der Waals surface area contributed by atoms with Gasteiger partial charge in [0.05, 0.1) is 32.9 Å². The minimum atomic E-state index is -0.471. The highest BCUT2D eigenvalue weighted by Gasteiger charge is 2.22. The second-order valence-corrected chi connectivity index (χ2v) is 7.51. The summed E-state index contributed by atoms with van der Waals surface area (Å²) in [5.74, 6) is 1.09. The summed E-state index contributed by atoms with van der Waals surface area (Å²) in [6.07, 6.45) is 2.33. The zero-order valence-electron chi connectivity index (χ0n) is 17.0. The van der Waals surface area contributed by atoms with E-state index >= 15 is 0 Å². The maximum Gasteiger partial charge on any atom is 0.344 e. The third-order valence-corrected chi connectivity index (χ3v) is 5.81. The van der Waals surface area contributed by atoms with E-state index < -0.39 is 5.63 Å². The summed E-state index contributed by atoms with van der Waals surface area (Å²) < 4.78 is 16.5. The van der Waals surface area contributed by atoms with E-state index in [0.29, 0.717) is 40.3 Å². The zero-order valence-corrected chi connectivity index (χ0v) is 17.0.